The van der Waals surface area contributed by atoms with E-state index in [4.69, 9.17) is 14.2 Å². The van der Waals surface area contributed by atoms with Gasteiger partial charge in [0.05, 0.1) is 13.2 Å². The topological polar surface area (TPSA) is 47.9 Å². The molecule has 0 saturated carbocycles. The molecule has 0 radical (unpaired) electrons. The van der Waals surface area contributed by atoms with Gasteiger partial charge in [0, 0.05) is 30.8 Å². The van der Waals surface area contributed by atoms with Crippen LogP contribution in [0.15, 0.2) is 12.1 Å². The maximum atomic E-state index is 10.6. The fraction of sp³-hybridized carbons (Fsp3) is 0.647. The molecule has 2 heterocycles. The van der Waals surface area contributed by atoms with Crippen molar-refractivity contribution in [2.75, 3.05) is 20.3 Å². The minimum Gasteiger partial charge on any atom is -0.496 e. The highest BCUT2D eigenvalue weighted by Gasteiger charge is 2.26. The molecule has 2 aliphatic rings. The number of hydrogen-bond donors (Lipinski definition) is 1. The van der Waals surface area contributed by atoms with Crippen LogP contribution in [0.2, 0.25) is 0 Å². The van der Waals surface area contributed by atoms with Gasteiger partial charge in [-0.3, -0.25) is 0 Å². The molecule has 21 heavy (non-hydrogen) atoms. The maximum absolute atomic E-state index is 10.6. The standard InChI is InChI=1S/C17H24O4/c1-11-7-13-9-17(19-2)14(10-16(13)21-11)15(18)8-12-3-5-20-6-4-12/h9-12,15,18H,3-8H2,1-2H3. The average Bonchev–Trinajstić information content (AvgIpc) is 2.85. The Morgan fingerprint density at radius 1 is 1.33 bits per heavy atom. The van der Waals surface area contributed by atoms with Gasteiger partial charge < -0.3 is 19.3 Å². The summed E-state index contributed by atoms with van der Waals surface area (Å²) in [7, 11) is 1.66. The Balaban J connectivity index is 1.78. The summed E-state index contributed by atoms with van der Waals surface area (Å²) >= 11 is 0. The minimum absolute atomic E-state index is 0.201. The maximum Gasteiger partial charge on any atom is 0.125 e. The zero-order valence-electron chi connectivity index (χ0n) is 12.8. The zero-order valence-corrected chi connectivity index (χ0v) is 12.8. The van der Waals surface area contributed by atoms with Gasteiger partial charge >= 0.3 is 0 Å². The predicted octanol–water partition coefficient (Wildman–Crippen LogP) is 2.87. The van der Waals surface area contributed by atoms with E-state index in [9.17, 15) is 5.11 Å². The van der Waals surface area contributed by atoms with Crippen LogP contribution >= 0.6 is 0 Å². The number of methoxy groups -OCH3 is 1. The predicted molar refractivity (Wildman–Crippen MR) is 79.9 cm³/mol. The van der Waals surface area contributed by atoms with Gasteiger partial charge in [0.1, 0.15) is 17.6 Å². The molecule has 2 aliphatic heterocycles. The summed E-state index contributed by atoms with van der Waals surface area (Å²) in [6.07, 6.45) is 3.41. The van der Waals surface area contributed by atoms with Crippen LogP contribution < -0.4 is 9.47 Å². The second-order valence-corrected chi connectivity index (χ2v) is 6.14. The van der Waals surface area contributed by atoms with E-state index in [1.165, 1.54) is 5.56 Å². The lowest BCUT2D eigenvalue weighted by Crippen LogP contribution is -2.18. The third-order valence-corrected chi connectivity index (χ3v) is 4.50. The van der Waals surface area contributed by atoms with Crippen LogP contribution in [0.5, 0.6) is 11.5 Å². The van der Waals surface area contributed by atoms with Crippen molar-refractivity contribution < 1.29 is 19.3 Å². The molecule has 1 aromatic rings. The highest BCUT2D eigenvalue weighted by atomic mass is 16.5. The number of aliphatic hydroxyl groups excluding tert-OH is 1. The zero-order chi connectivity index (χ0) is 14.8. The van der Waals surface area contributed by atoms with Crippen molar-refractivity contribution in [2.24, 2.45) is 5.92 Å². The summed E-state index contributed by atoms with van der Waals surface area (Å²) < 4.78 is 16.7. The Morgan fingerprint density at radius 2 is 2.10 bits per heavy atom. The van der Waals surface area contributed by atoms with Gasteiger partial charge in [-0.25, -0.2) is 0 Å². The van der Waals surface area contributed by atoms with E-state index in [2.05, 4.69) is 6.92 Å². The molecule has 1 fully saturated rings. The molecular formula is C17H24O4. The SMILES string of the molecule is COc1cc2c(cc1C(O)CC1CCOCC1)OC(C)C2. The van der Waals surface area contributed by atoms with Gasteiger partial charge in [-0.05, 0) is 44.2 Å². The third-order valence-electron chi connectivity index (χ3n) is 4.50. The lowest BCUT2D eigenvalue weighted by Gasteiger charge is -2.25. The van der Waals surface area contributed by atoms with Crippen LogP contribution in [0, 0.1) is 5.92 Å². The fourth-order valence-corrected chi connectivity index (χ4v) is 3.32. The quantitative estimate of drug-likeness (QED) is 0.927. The van der Waals surface area contributed by atoms with Crippen LogP contribution in [-0.4, -0.2) is 31.5 Å². The normalized spacial score (nSPS) is 23.5. The van der Waals surface area contributed by atoms with Gasteiger partial charge in [0.25, 0.3) is 0 Å². The number of fused-ring (bicyclic) bond motifs is 1. The Kier molecular flexibility index (Phi) is 4.36. The average molecular weight is 292 g/mol. The van der Waals surface area contributed by atoms with E-state index < -0.39 is 6.10 Å². The molecule has 0 amide bonds. The van der Waals surface area contributed by atoms with Crippen LogP contribution in [0.3, 0.4) is 0 Å². The van der Waals surface area contributed by atoms with Gasteiger partial charge in [0.2, 0.25) is 0 Å². The van der Waals surface area contributed by atoms with Gasteiger partial charge in [-0.2, -0.15) is 0 Å². The molecule has 1 aromatic carbocycles. The van der Waals surface area contributed by atoms with Gasteiger partial charge in [-0.15, -0.1) is 0 Å². The number of rotatable bonds is 4. The summed E-state index contributed by atoms with van der Waals surface area (Å²) in [5.41, 5.74) is 2.01. The fourth-order valence-electron chi connectivity index (χ4n) is 3.32. The monoisotopic (exact) mass is 292 g/mol. The molecule has 1 saturated heterocycles. The summed E-state index contributed by atoms with van der Waals surface area (Å²) in [5.74, 6) is 2.18. The minimum atomic E-state index is -0.507. The first kappa shape index (κ1) is 14.7. The van der Waals surface area contributed by atoms with Crippen molar-refractivity contribution in [2.45, 2.75) is 44.8 Å². The number of benzene rings is 1. The highest BCUT2D eigenvalue weighted by molar-refractivity contribution is 5.49. The molecule has 0 aromatic heterocycles. The van der Waals surface area contributed by atoms with Crippen LogP contribution in [0.1, 0.15) is 43.4 Å². The smallest absolute Gasteiger partial charge is 0.125 e. The van der Waals surface area contributed by atoms with E-state index in [0.717, 1.165) is 56.0 Å². The molecule has 2 atom stereocenters. The van der Waals surface area contributed by atoms with Crippen molar-refractivity contribution in [1.82, 2.24) is 0 Å². The molecule has 4 nitrogen and oxygen atoms in total. The van der Waals surface area contributed by atoms with Crippen molar-refractivity contribution in [3.8, 4) is 11.5 Å². The van der Waals surface area contributed by atoms with E-state index in [-0.39, 0.29) is 6.10 Å². The molecule has 0 aliphatic carbocycles. The third kappa shape index (κ3) is 3.16. The second kappa shape index (κ2) is 6.24. The summed E-state index contributed by atoms with van der Waals surface area (Å²) in [6.45, 7) is 3.67. The number of aliphatic hydroxyl groups is 1. The first-order valence-corrected chi connectivity index (χ1v) is 7.80. The first-order chi connectivity index (χ1) is 10.2. The largest absolute Gasteiger partial charge is 0.496 e. The van der Waals surface area contributed by atoms with Crippen LogP contribution in [0.25, 0.3) is 0 Å². The van der Waals surface area contributed by atoms with Crippen LogP contribution in [-0.2, 0) is 11.2 Å². The van der Waals surface area contributed by atoms with E-state index in [1.54, 1.807) is 7.11 Å². The lowest BCUT2D eigenvalue weighted by molar-refractivity contribution is 0.0430. The Hall–Kier alpha value is -1.26. The van der Waals surface area contributed by atoms with Crippen LogP contribution in [0.4, 0.5) is 0 Å². The number of hydrogen-bond acceptors (Lipinski definition) is 4. The highest BCUT2D eigenvalue weighted by Crippen LogP contribution is 2.39. The van der Waals surface area contributed by atoms with Gasteiger partial charge in [-0.1, -0.05) is 0 Å². The van der Waals surface area contributed by atoms with E-state index in [0.29, 0.717) is 5.92 Å². The molecular weight excluding hydrogens is 268 g/mol. The van der Waals surface area contributed by atoms with Gasteiger partial charge in [0.15, 0.2) is 0 Å². The second-order valence-electron chi connectivity index (χ2n) is 6.14. The van der Waals surface area contributed by atoms with Crippen molar-refractivity contribution >= 4 is 0 Å². The molecule has 3 rings (SSSR count). The molecule has 2 unspecified atom stereocenters. The summed E-state index contributed by atoms with van der Waals surface area (Å²) in [6, 6.07) is 3.98. The molecule has 4 heteroatoms. The van der Waals surface area contributed by atoms with E-state index in [1.807, 2.05) is 12.1 Å². The van der Waals surface area contributed by atoms with Crippen molar-refractivity contribution in [3.63, 3.8) is 0 Å². The molecule has 116 valence electrons. The molecule has 0 bridgehead atoms. The summed E-state index contributed by atoms with van der Waals surface area (Å²) in [5, 5.41) is 10.6. The number of ether oxygens (including phenoxy) is 3. The summed E-state index contributed by atoms with van der Waals surface area (Å²) in [4.78, 5) is 0. The Labute approximate surface area is 126 Å². The first-order valence-electron chi connectivity index (χ1n) is 7.80. The molecule has 0 spiro atoms. The van der Waals surface area contributed by atoms with Crippen molar-refractivity contribution in [3.05, 3.63) is 23.3 Å². The van der Waals surface area contributed by atoms with Crippen molar-refractivity contribution in [1.29, 1.82) is 0 Å². The Morgan fingerprint density at radius 3 is 2.81 bits per heavy atom. The van der Waals surface area contributed by atoms with E-state index >= 15 is 0 Å². The lowest BCUT2D eigenvalue weighted by atomic mass is 9.90. The Bertz CT molecular complexity index is 494. The molecule has 1 N–H and O–H groups in total.